The van der Waals surface area contributed by atoms with Crippen molar-refractivity contribution in [3.05, 3.63) is 59.7 Å². The van der Waals surface area contributed by atoms with Gasteiger partial charge in [0.05, 0.1) is 0 Å². The van der Waals surface area contributed by atoms with Crippen molar-refractivity contribution in [2.24, 2.45) is 0 Å². The fraction of sp³-hybridized carbons (Fsp3) is 0.316. The van der Waals surface area contributed by atoms with E-state index >= 15 is 0 Å². The number of rotatable bonds is 6. The molecule has 2 aromatic rings. The number of hydrogen-bond donors (Lipinski definition) is 1. The molecule has 120 valence electrons. The largest absolute Gasteiger partial charge is 0.486 e. The second-order valence-corrected chi connectivity index (χ2v) is 5.56. The molecule has 4 heteroatoms. The van der Waals surface area contributed by atoms with Crippen LogP contribution >= 0.6 is 0 Å². The lowest BCUT2D eigenvalue weighted by molar-refractivity contribution is -0.121. The molecular weight excluding hydrogens is 290 g/mol. The van der Waals surface area contributed by atoms with Crippen molar-refractivity contribution in [2.75, 3.05) is 19.8 Å². The summed E-state index contributed by atoms with van der Waals surface area (Å²) in [6, 6.07) is 16.0. The first-order valence-electron chi connectivity index (χ1n) is 8.00. The summed E-state index contributed by atoms with van der Waals surface area (Å²) in [7, 11) is 0. The van der Waals surface area contributed by atoms with E-state index in [0.717, 1.165) is 23.5 Å². The molecule has 4 nitrogen and oxygen atoms in total. The van der Waals surface area contributed by atoms with E-state index in [1.165, 1.54) is 5.56 Å². The van der Waals surface area contributed by atoms with E-state index in [-0.39, 0.29) is 5.91 Å². The average Bonchev–Trinajstić information content (AvgIpc) is 2.61. The summed E-state index contributed by atoms with van der Waals surface area (Å²) in [4.78, 5) is 11.9. The lowest BCUT2D eigenvalue weighted by Crippen LogP contribution is -2.25. The van der Waals surface area contributed by atoms with Gasteiger partial charge in [0.25, 0.3) is 0 Å². The summed E-state index contributed by atoms with van der Waals surface area (Å²) >= 11 is 0. The first kappa shape index (κ1) is 15.4. The SMILES string of the molecule is O=C(CCc1ccc2c(c1)OCCO2)NCCc1ccccc1. The van der Waals surface area contributed by atoms with Gasteiger partial charge in [0, 0.05) is 13.0 Å². The molecule has 0 unspecified atom stereocenters. The van der Waals surface area contributed by atoms with Gasteiger partial charge in [0.15, 0.2) is 11.5 Å². The number of hydrogen-bond acceptors (Lipinski definition) is 3. The quantitative estimate of drug-likeness (QED) is 0.892. The maximum atomic E-state index is 11.9. The Morgan fingerprint density at radius 3 is 2.52 bits per heavy atom. The van der Waals surface area contributed by atoms with E-state index in [9.17, 15) is 4.79 Å². The molecule has 0 aromatic heterocycles. The van der Waals surface area contributed by atoms with Gasteiger partial charge in [-0.25, -0.2) is 0 Å². The van der Waals surface area contributed by atoms with Crippen molar-refractivity contribution in [3.8, 4) is 11.5 Å². The minimum absolute atomic E-state index is 0.0795. The maximum absolute atomic E-state index is 11.9. The molecule has 23 heavy (non-hydrogen) atoms. The van der Waals surface area contributed by atoms with Gasteiger partial charge in [-0.05, 0) is 36.1 Å². The normalized spacial score (nSPS) is 12.7. The molecule has 0 bridgehead atoms. The Hall–Kier alpha value is -2.49. The molecule has 0 fully saturated rings. The number of amides is 1. The molecule has 2 aromatic carbocycles. The van der Waals surface area contributed by atoms with Crippen LogP contribution in [-0.4, -0.2) is 25.7 Å². The Morgan fingerprint density at radius 2 is 1.70 bits per heavy atom. The second kappa shape index (κ2) is 7.68. The molecule has 1 N–H and O–H groups in total. The Labute approximate surface area is 136 Å². The predicted molar refractivity (Wildman–Crippen MR) is 88.9 cm³/mol. The fourth-order valence-corrected chi connectivity index (χ4v) is 2.58. The average molecular weight is 311 g/mol. The Balaban J connectivity index is 1.42. The zero-order valence-corrected chi connectivity index (χ0v) is 13.1. The molecular formula is C19H21NO3. The van der Waals surface area contributed by atoms with Gasteiger partial charge in [0.1, 0.15) is 13.2 Å². The zero-order chi connectivity index (χ0) is 15.9. The number of benzene rings is 2. The van der Waals surface area contributed by atoms with Crippen LogP contribution in [-0.2, 0) is 17.6 Å². The molecule has 0 spiro atoms. The lowest BCUT2D eigenvalue weighted by Gasteiger charge is -2.18. The number of aryl methyl sites for hydroxylation is 1. The number of nitrogens with one attached hydrogen (secondary N) is 1. The molecule has 0 saturated heterocycles. The number of carbonyl (C=O) groups is 1. The van der Waals surface area contributed by atoms with Gasteiger partial charge in [-0.15, -0.1) is 0 Å². The third-order valence-electron chi connectivity index (χ3n) is 3.83. The van der Waals surface area contributed by atoms with Crippen LogP contribution in [0.4, 0.5) is 0 Å². The van der Waals surface area contributed by atoms with Crippen molar-refractivity contribution >= 4 is 5.91 Å². The van der Waals surface area contributed by atoms with Crippen LogP contribution in [0.1, 0.15) is 17.5 Å². The van der Waals surface area contributed by atoms with Crippen LogP contribution in [0.5, 0.6) is 11.5 Å². The van der Waals surface area contributed by atoms with E-state index in [1.54, 1.807) is 0 Å². The van der Waals surface area contributed by atoms with Gasteiger partial charge >= 0.3 is 0 Å². The summed E-state index contributed by atoms with van der Waals surface area (Å²) in [5.41, 5.74) is 2.33. The third-order valence-corrected chi connectivity index (χ3v) is 3.83. The highest BCUT2D eigenvalue weighted by atomic mass is 16.6. The summed E-state index contributed by atoms with van der Waals surface area (Å²) in [6.45, 7) is 1.84. The van der Waals surface area contributed by atoms with Crippen LogP contribution in [0.2, 0.25) is 0 Å². The van der Waals surface area contributed by atoms with Crippen LogP contribution in [0.25, 0.3) is 0 Å². The maximum Gasteiger partial charge on any atom is 0.220 e. The van der Waals surface area contributed by atoms with Crippen molar-refractivity contribution < 1.29 is 14.3 Å². The lowest BCUT2D eigenvalue weighted by atomic mass is 10.1. The van der Waals surface area contributed by atoms with Crippen LogP contribution in [0, 0.1) is 0 Å². The Bertz CT molecular complexity index is 655. The fourth-order valence-electron chi connectivity index (χ4n) is 2.58. The van der Waals surface area contributed by atoms with E-state index in [1.807, 2.05) is 36.4 Å². The van der Waals surface area contributed by atoms with Gasteiger partial charge in [0.2, 0.25) is 5.91 Å². The van der Waals surface area contributed by atoms with Crippen molar-refractivity contribution in [1.29, 1.82) is 0 Å². The molecule has 1 heterocycles. The zero-order valence-electron chi connectivity index (χ0n) is 13.1. The van der Waals surface area contributed by atoms with Gasteiger partial charge in [-0.1, -0.05) is 36.4 Å². The van der Waals surface area contributed by atoms with Crippen LogP contribution in [0.15, 0.2) is 48.5 Å². The second-order valence-electron chi connectivity index (χ2n) is 5.56. The Kier molecular flexibility index (Phi) is 5.14. The highest BCUT2D eigenvalue weighted by Gasteiger charge is 2.12. The molecule has 3 rings (SSSR count). The van der Waals surface area contributed by atoms with Crippen LogP contribution in [0.3, 0.4) is 0 Å². The highest BCUT2D eigenvalue weighted by molar-refractivity contribution is 5.76. The van der Waals surface area contributed by atoms with Crippen LogP contribution < -0.4 is 14.8 Å². The van der Waals surface area contributed by atoms with E-state index < -0.39 is 0 Å². The molecule has 0 radical (unpaired) electrons. The summed E-state index contributed by atoms with van der Waals surface area (Å²) in [5, 5.41) is 2.97. The molecule has 0 atom stereocenters. The topological polar surface area (TPSA) is 47.6 Å². The summed E-state index contributed by atoms with van der Waals surface area (Å²) < 4.78 is 11.1. The summed E-state index contributed by atoms with van der Waals surface area (Å²) in [6.07, 6.45) is 2.04. The van der Waals surface area contributed by atoms with Gasteiger partial charge in [-0.3, -0.25) is 4.79 Å². The van der Waals surface area contributed by atoms with Gasteiger partial charge < -0.3 is 14.8 Å². The van der Waals surface area contributed by atoms with E-state index in [0.29, 0.717) is 32.6 Å². The molecule has 1 aliphatic heterocycles. The Morgan fingerprint density at radius 1 is 0.913 bits per heavy atom. The molecule has 0 saturated carbocycles. The van der Waals surface area contributed by atoms with Gasteiger partial charge in [-0.2, -0.15) is 0 Å². The summed E-state index contributed by atoms with van der Waals surface area (Å²) in [5.74, 6) is 1.64. The van der Waals surface area contributed by atoms with E-state index in [2.05, 4.69) is 17.4 Å². The first-order valence-corrected chi connectivity index (χ1v) is 8.00. The molecule has 1 aliphatic rings. The smallest absolute Gasteiger partial charge is 0.220 e. The minimum atomic E-state index is 0.0795. The van der Waals surface area contributed by atoms with Crippen molar-refractivity contribution in [2.45, 2.75) is 19.3 Å². The number of carbonyl (C=O) groups excluding carboxylic acids is 1. The minimum Gasteiger partial charge on any atom is -0.486 e. The molecule has 0 aliphatic carbocycles. The monoisotopic (exact) mass is 311 g/mol. The van der Waals surface area contributed by atoms with E-state index in [4.69, 9.17) is 9.47 Å². The number of ether oxygens (including phenoxy) is 2. The van der Waals surface area contributed by atoms with Crippen molar-refractivity contribution in [1.82, 2.24) is 5.32 Å². The predicted octanol–water partition coefficient (Wildman–Crippen LogP) is 2.75. The van der Waals surface area contributed by atoms with Crippen molar-refractivity contribution in [3.63, 3.8) is 0 Å². The standard InChI is InChI=1S/C19H21NO3/c21-19(20-11-10-15-4-2-1-3-5-15)9-7-16-6-8-17-18(14-16)23-13-12-22-17/h1-6,8,14H,7,9-13H2,(H,20,21). The molecule has 1 amide bonds. The third kappa shape index (κ3) is 4.49. The highest BCUT2D eigenvalue weighted by Crippen LogP contribution is 2.30. The first-order chi connectivity index (χ1) is 11.3. The number of fused-ring (bicyclic) bond motifs is 1.